The molecule has 0 unspecified atom stereocenters. The summed E-state index contributed by atoms with van der Waals surface area (Å²) in [7, 11) is 0. The molecule has 0 bridgehead atoms. The first-order valence-corrected chi connectivity index (χ1v) is 5.22. The van der Waals surface area contributed by atoms with E-state index < -0.39 is 12.6 Å². The molecule has 2 N–H and O–H groups in total. The number of unbranched alkanes of at least 4 members (excludes halogenated alkanes) is 1. The molecule has 1 rings (SSSR count). The van der Waals surface area contributed by atoms with Gasteiger partial charge in [0.05, 0.1) is 12.0 Å². The molecule has 3 nitrogen and oxygen atoms in total. The van der Waals surface area contributed by atoms with Crippen LogP contribution >= 0.6 is 0 Å². The summed E-state index contributed by atoms with van der Waals surface area (Å²) in [6, 6.07) is -0.148. The van der Waals surface area contributed by atoms with Gasteiger partial charge < -0.3 is 10.3 Å². The summed E-state index contributed by atoms with van der Waals surface area (Å²) in [5.74, 6) is 0. The Bertz CT molecular complexity index is 317. The third-order valence-electron chi connectivity index (χ3n) is 2.32. The van der Waals surface area contributed by atoms with Crippen molar-refractivity contribution in [1.82, 2.24) is 9.55 Å². The van der Waals surface area contributed by atoms with Crippen LogP contribution in [0.4, 0.5) is 13.2 Å². The van der Waals surface area contributed by atoms with Crippen LogP contribution in [0.15, 0.2) is 12.5 Å². The lowest BCUT2D eigenvalue weighted by Crippen LogP contribution is -2.12. The summed E-state index contributed by atoms with van der Waals surface area (Å²) >= 11 is 0. The quantitative estimate of drug-likeness (QED) is 0.797. The molecule has 0 saturated heterocycles. The van der Waals surface area contributed by atoms with Crippen LogP contribution in [-0.4, -0.2) is 15.7 Å². The predicted molar refractivity (Wildman–Crippen MR) is 54.7 cm³/mol. The minimum Gasteiger partial charge on any atom is -0.333 e. The third-order valence-corrected chi connectivity index (χ3v) is 2.32. The molecule has 0 amide bonds. The molecule has 0 aliphatic heterocycles. The van der Waals surface area contributed by atoms with Crippen LogP contribution in [0.3, 0.4) is 0 Å². The molecule has 0 radical (unpaired) electrons. The number of rotatable bonds is 5. The number of nitrogens with two attached hydrogens (primary N) is 1. The maximum Gasteiger partial charge on any atom is 0.389 e. The van der Waals surface area contributed by atoms with Crippen LogP contribution < -0.4 is 5.73 Å². The van der Waals surface area contributed by atoms with Crippen LogP contribution in [-0.2, 0) is 6.54 Å². The Morgan fingerprint density at radius 2 is 2.12 bits per heavy atom. The molecule has 0 spiro atoms. The molecule has 16 heavy (non-hydrogen) atoms. The molecule has 92 valence electrons. The van der Waals surface area contributed by atoms with Gasteiger partial charge in [0.25, 0.3) is 0 Å². The summed E-state index contributed by atoms with van der Waals surface area (Å²) in [5.41, 5.74) is 6.55. The van der Waals surface area contributed by atoms with Crippen LogP contribution in [0.25, 0.3) is 0 Å². The number of aryl methyl sites for hydroxylation is 1. The van der Waals surface area contributed by atoms with E-state index in [1.54, 1.807) is 17.1 Å². The summed E-state index contributed by atoms with van der Waals surface area (Å²) in [4.78, 5) is 3.93. The molecule has 0 aliphatic carbocycles. The van der Waals surface area contributed by atoms with Gasteiger partial charge in [0.1, 0.15) is 0 Å². The van der Waals surface area contributed by atoms with E-state index >= 15 is 0 Å². The summed E-state index contributed by atoms with van der Waals surface area (Å²) in [6.07, 6.45) is -0.912. The van der Waals surface area contributed by atoms with E-state index in [1.807, 2.05) is 6.92 Å². The van der Waals surface area contributed by atoms with Crippen LogP contribution in [0.2, 0.25) is 0 Å². The SMILES string of the molecule is C[C@H](N)c1cncn1CCCCC(F)(F)F. The number of hydrogen-bond donors (Lipinski definition) is 1. The van der Waals surface area contributed by atoms with Crippen molar-refractivity contribution >= 4 is 0 Å². The van der Waals surface area contributed by atoms with E-state index in [0.29, 0.717) is 13.0 Å². The highest BCUT2D eigenvalue weighted by atomic mass is 19.4. The number of imidazole rings is 1. The minimum atomic E-state index is -4.06. The van der Waals surface area contributed by atoms with E-state index in [9.17, 15) is 13.2 Å². The molecule has 1 heterocycles. The lowest BCUT2D eigenvalue weighted by molar-refractivity contribution is -0.135. The Morgan fingerprint density at radius 3 is 2.69 bits per heavy atom. The molecule has 0 saturated carbocycles. The Labute approximate surface area is 92.5 Å². The fraction of sp³-hybridized carbons (Fsp3) is 0.700. The fourth-order valence-electron chi connectivity index (χ4n) is 1.50. The number of nitrogens with zero attached hydrogens (tertiary/aromatic N) is 2. The third kappa shape index (κ3) is 4.22. The normalized spacial score (nSPS) is 14.1. The van der Waals surface area contributed by atoms with E-state index in [2.05, 4.69) is 4.98 Å². The maximum atomic E-state index is 11.9. The summed E-state index contributed by atoms with van der Waals surface area (Å²) < 4.78 is 37.5. The van der Waals surface area contributed by atoms with Gasteiger partial charge in [0.15, 0.2) is 0 Å². The van der Waals surface area contributed by atoms with Crippen molar-refractivity contribution in [2.45, 2.75) is 44.9 Å². The summed E-state index contributed by atoms with van der Waals surface area (Å²) in [5, 5.41) is 0. The first-order chi connectivity index (χ1) is 7.40. The second-order valence-electron chi connectivity index (χ2n) is 3.87. The first-order valence-electron chi connectivity index (χ1n) is 5.22. The van der Waals surface area contributed by atoms with Crippen molar-refractivity contribution in [2.24, 2.45) is 5.73 Å². The molecule has 1 atom stereocenters. The molecule has 1 aromatic heterocycles. The van der Waals surface area contributed by atoms with E-state index in [-0.39, 0.29) is 12.5 Å². The molecule has 1 aromatic rings. The van der Waals surface area contributed by atoms with Gasteiger partial charge in [-0.25, -0.2) is 4.98 Å². The average molecular weight is 235 g/mol. The Hall–Kier alpha value is -1.04. The van der Waals surface area contributed by atoms with Gasteiger partial charge in [-0.2, -0.15) is 13.2 Å². The van der Waals surface area contributed by atoms with Gasteiger partial charge in [0.2, 0.25) is 0 Å². The maximum absolute atomic E-state index is 11.9. The topological polar surface area (TPSA) is 43.8 Å². The number of hydrogen-bond acceptors (Lipinski definition) is 2. The molecule has 0 aliphatic rings. The van der Waals surface area contributed by atoms with Crippen LogP contribution in [0, 0.1) is 0 Å². The lowest BCUT2D eigenvalue weighted by Gasteiger charge is -2.11. The number of alkyl halides is 3. The molecular weight excluding hydrogens is 219 g/mol. The zero-order chi connectivity index (χ0) is 12.2. The highest BCUT2D eigenvalue weighted by Gasteiger charge is 2.25. The molecule has 0 fully saturated rings. The van der Waals surface area contributed by atoms with Crippen molar-refractivity contribution < 1.29 is 13.2 Å². The predicted octanol–water partition coefficient (Wildman–Crippen LogP) is 2.64. The van der Waals surface area contributed by atoms with Gasteiger partial charge >= 0.3 is 6.18 Å². The zero-order valence-electron chi connectivity index (χ0n) is 9.17. The van der Waals surface area contributed by atoms with Crippen LogP contribution in [0.5, 0.6) is 0 Å². The highest BCUT2D eigenvalue weighted by molar-refractivity contribution is 5.02. The Kier molecular flexibility index (Phi) is 4.35. The van der Waals surface area contributed by atoms with Gasteiger partial charge in [-0.05, 0) is 19.8 Å². The second kappa shape index (κ2) is 5.34. The monoisotopic (exact) mass is 235 g/mol. The van der Waals surface area contributed by atoms with Crippen molar-refractivity contribution in [2.75, 3.05) is 0 Å². The molecule has 6 heteroatoms. The van der Waals surface area contributed by atoms with Gasteiger partial charge in [-0.15, -0.1) is 0 Å². The average Bonchev–Trinajstić information content (AvgIpc) is 2.58. The van der Waals surface area contributed by atoms with Crippen molar-refractivity contribution in [1.29, 1.82) is 0 Å². The standard InChI is InChI=1S/C10H16F3N3/c1-8(14)9-6-15-7-16(9)5-3-2-4-10(11,12)13/h6-8H,2-5,14H2,1H3/t8-/m0/s1. The Morgan fingerprint density at radius 1 is 1.44 bits per heavy atom. The first kappa shape index (κ1) is 13.0. The minimum absolute atomic E-state index is 0.139. The van der Waals surface area contributed by atoms with Crippen LogP contribution in [0.1, 0.15) is 37.9 Å². The zero-order valence-corrected chi connectivity index (χ0v) is 9.17. The highest BCUT2D eigenvalue weighted by Crippen LogP contribution is 2.22. The van der Waals surface area contributed by atoms with Gasteiger partial charge in [-0.3, -0.25) is 0 Å². The smallest absolute Gasteiger partial charge is 0.333 e. The number of halogens is 3. The van der Waals surface area contributed by atoms with Gasteiger partial charge in [0, 0.05) is 25.2 Å². The van der Waals surface area contributed by atoms with Gasteiger partial charge in [-0.1, -0.05) is 0 Å². The van der Waals surface area contributed by atoms with E-state index in [0.717, 1.165) is 5.69 Å². The van der Waals surface area contributed by atoms with Crippen molar-refractivity contribution in [3.8, 4) is 0 Å². The lowest BCUT2D eigenvalue weighted by atomic mass is 10.2. The summed E-state index contributed by atoms with van der Waals surface area (Å²) in [6.45, 7) is 2.36. The molecule has 0 aromatic carbocycles. The largest absolute Gasteiger partial charge is 0.389 e. The Balaban J connectivity index is 2.35. The van der Waals surface area contributed by atoms with E-state index in [4.69, 9.17) is 5.73 Å². The number of aromatic nitrogens is 2. The van der Waals surface area contributed by atoms with E-state index in [1.165, 1.54) is 0 Å². The molecular formula is C10H16F3N3. The van der Waals surface area contributed by atoms with Crippen molar-refractivity contribution in [3.05, 3.63) is 18.2 Å². The second-order valence-corrected chi connectivity index (χ2v) is 3.87. The fourth-order valence-corrected chi connectivity index (χ4v) is 1.50. The van der Waals surface area contributed by atoms with Crippen molar-refractivity contribution in [3.63, 3.8) is 0 Å².